The molecule has 1 N–H and O–H groups in total. The van der Waals surface area contributed by atoms with Crippen molar-refractivity contribution in [1.82, 2.24) is 10.3 Å². The fourth-order valence-corrected chi connectivity index (χ4v) is 2.17. The minimum absolute atomic E-state index is 0.192. The van der Waals surface area contributed by atoms with Crippen LogP contribution in [0.25, 0.3) is 0 Å². The summed E-state index contributed by atoms with van der Waals surface area (Å²) in [4.78, 5) is 27.2. The third-order valence-electron chi connectivity index (χ3n) is 2.87. The van der Waals surface area contributed by atoms with Gasteiger partial charge >= 0.3 is 5.97 Å². The van der Waals surface area contributed by atoms with Gasteiger partial charge in [-0.25, -0.2) is 4.79 Å². The third-order valence-corrected chi connectivity index (χ3v) is 3.46. The van der Waals surface area contributed by atoms with Crippen LogP contribution in [0.4, 0.5) is 0 Å². The highest BCUT2D eigenvalue weighted by atomic mass is 35.5. The van der Waals surface area contributed by atoms with Crippen LogP contribution in [0.15, 0.2) is 36.5 Å². The molecule has 0 radical (unpaired) electrons. The molecule has 22 heavy (non-hydrogen) atoms. The Bertz CT molecular complexity index is 702. The van der Waals surface area contributed by atoms with E-state index < -0.39 is 5.97 Å². The summed E-state index contributed by atoms with van der Waals surface area (Å²) in [6, 6.07) is 7.96. The first kappa shape index (κ1) is 16.3. The Morgan fingerprint density at radius 1 is 1.23 bits per heavy atom. The number of methoxy groups -OCH3 is 1. The number of pyridine rings is 1. The van der Waals surface area contributed by atoms with Gasteiger partial charge in [0.1, 0.15) is 5.69 Å². The molecule has 114 valence electrons. The molecule has 0 aliphatic rings. The first-order chi connectivity index (χ1) is 10.5. The second-order valence-electron chi connectivity index (χ2n) is 4.34. The molecule has 0 saturated carbocycles. The average Bonchev–Trinajstić information content (AvgIpc) is 2.53. The summed E-state index contributed by atoms with van der Waals surface area (Å²) in [5, 5.41) is 3.69. The Balaban J connectivity index is 2.01. The minimum atomic E-state index is -0.507. The number of amides is 1. The molecule has 1 aromatic heterocycles. The van der Waals surface area contributed by atoms with Crippen LogP contribution in [-0.2, 0) is 11.3 Å². The van der Waals surface area contributed by atoms with Gasteiger partial charge in [-0.1, -0.05) is 29.3 Å². The average molecular weight is 339 g/mol. The van der Waals surface area contributed by atoms with E-state index in [1.807, 2.05) is 0 Å². The number of carbonyl (C=O) groups excluding carboxylic acids is 2. The highest BCUT2D eigenvalue weighted by Crippen LogP contribution is 2.20. The summed E-state index contributed by atoms with van der Waals surface area (Å²) in [5.74, 6) is -0.880. The molecule has 0 atom stereocenters. The van der Waals surface area contributed by atoms with E-state index in [9.17, 15) is 9.59 Å². The zero-order valence-corrected chi connectivity index (χ0v) is 13.1. The maximum Gasteiger partial charge on any atom is 0.339 e. The molecule has 7 heteroatoms. The SMILES string of the molecule is COC(=O)c1ccc(C(=O)NCc2ccc(Cl)cc2Cl)nc1. The molecule has 1 aromatic carbocycles. The van der Waals surface area contributed by atoms with Crippen LogP contribution >= 0.6 is 23.2 Å². The molecule has 0 fully saturated rings. The van der Waals surface area contributed by atoms with E-state index in [-0.39, 0.29) is 23.7 Å². The number of hydrogen-bond donors (Lipinski definition) is 1. The molecule has 0 aliphatic carbocycles. The summed E-state index contributed by atoms with van der Waals surface area (Å²) in [6.45, 7) is 0.245. The number of carbonyl (C=O) groups is 2. The number of aromatic nitrogens is 1. The lowest BCUT2D eigenvalue weighted by atomic mass is 10.2. The second kappa shape index (κ2) is 7.24. The van der Waals surface area contributed by atoms with Gasteiger partial charge in [0.05, 0.1) is 12.7 Å². The zero-order valence-electron chi connectivity index (χ0n) is 11.6. The maximum absolute atomic E-state index is 12.0. The van der Waals surface area contributed by atoms with Crippen LogP contribution in [0.2, 0.25) is 10.0 Å². The van der Waals surface area contributed by atoms with Crippen molar-refractivity contribution in [2.45, 2.75) is 6.54 Å². The largest absolute Gasteiger partial charge is 0.465 e. The van der Waals surface area contributed by atoms with Gasteiger partial charge in [-0.15, -0.1) is 0 Å². The first-order valence-corrected chi connectivity index (χ1v) is 7.03. The summed E-state index contributed by atoms with van der Waals surface area (Å²) in [6.07, 6.45) is 1.29. The van der Waals surface area contributed by atoms with E-state index in [0.29, 0.717) is 10.0 Å². The van der Waals surface area contributed by atoms with Gasteiger partial charge in [-0.3, -0.25) is 9.78 Å². The zero-order chi connectivity index (χ0) is 16.1. The van der Waals surface area contributed by atoms with Crippen molar-refractivity contribution in [3.8, 4) is 0 Å². The van der Waals surface area contributed by atoms with Gasteiger partial charge in [0.25, 0.3) is 5.91 Å². The van der Waals surface area contributed by atoms with Crippen molar-refractivity contribution in [3.05, 3.63) is 63.4 Å². The number of esters is 1. The Labute approximate surface area is 137 Å². The number of nitrogens with zero attached hydrogens (tertiary/aromatic N) is 1. The molecule has 0 spiro atoms. The molecule has 0 aliphatic heterocycles. The normalized spacial score (nSPS) is 10.1. The van der Waals surface area contributed by atoms with Crippen LogP contribution in [0.3, 0.4) is 0 Å². The molecule has 0 saturated heterocycles. The van der Waals surface area contributed by atoms with Gasteiger partial charge in [-0.2, -0.15) is 0 Å². The van der Waals surface area contributed by atoms with Gasteiger partial charge < -0.3 is 10.1 Å². The first-order valence-electron chi connectivity index (χ1n) is 6.27. The number of hydrogen-bond acceptors (Lipinski definition) is 4. The van der Waals surface area contributed by atoms with Crippen LogP contribution in [0.5, 0.6) is 0 Å². The van der Waals surface area contributed by atoms with Crippen molar-refractivity contribution in [2.75, 3.05) is 7.11 Å². The number of rotatable bonds is 4. The van der Waals surface area contributed by atoms with Crippen LogP contribution < -0.4 is 5.32 Å². The van der Waals surface area contributed by atoms with Gasteiger partial charge in [0, 0.05) is 22.8 Å². The van der Waals surface area contributed by atoms with E-state index in [1.54, 1.807) is 18.2 Å². The lowest BCUT2D eigenvalue weighted by molar-refractivity contribution is 0.0599. The number of ether oxygens (including phenoxy) is 1. The topological polar surface area (TPSA) is 68.3 Å². The highest BCUT2D eigenvalue weighted by molar-refractivity contribution is 6.35. The van der Waals surface area contributed by atoms with Crippen molar-refractivity contribution in [2.24, 2.45) is 0 Å². The molecule has 2 rings (SSSR count). The predicted molar refractivity (Wildman–Crippen MR) is 83.2 cm³/mol. The number of nitrogens with one attached hydrogen (secondary N) is 1. The van der Waals surface area contributed by atoms with Crippen molar-refractivity contribution < 1.29 is 14.3 Å². The standard InChI is InChI=1S/C15H12Cl2N2O3/c1-22-15(21)10-3-5-13(18-8-10)14(20)19-7-9-2-4-11(16)6-12(9)17/h2-6,8H,7H2,1H3,(H,19,20). The van der Waals surface area contributed by atoms with Crippen molar-refractivity contribution in [3.63, 3.8) is 0 Å². The van der Waals surface area contributed by atoms with E-state index in [0.717, 1.165) is 5.56 Å². The van der Waals surface area contributed by atoms with E-state index in [1.165, 1.54) is 25.4 Å². The Morgan fingerprint density at radius 3 is 2.59 bits per heavy atom. The lowest BCUT2D eigenvalue weighted by Crippen LogP contribution is -2.24. The van der Waals surface area contributed by atoms with Crippen LogP contribution in [-0.4, -0.2) is 24.0 Å². The third kappa shape index (κ3) is 3.96. The molecule has 1 heterocycles. The molecular weight excluding hydrogens is 327 g/mol. The van der Waals surface area contributed by atoms with Crippen LogP contribution in [0.1, 0.15) is 26.4 Å². The van der Waals surface area contributed by atoms with E-state index in [2.05, 4.69) is 15.0 Å². The number of benzene rings is 1. The van der Waals surface area contributed by atoms with Crippen molar-refractivity contribution in [1.29, 1.82) is 0 Å². The minimum Gasteiger partial charge on any atom is -0.465 e. The molecule has 1 amide bonds. The molecular formula is C15H12Cl2N2O3. The Hall–Kier alpha value is -2.11. The van der Waals surface area contributed by atoms with E-state index in [4.69, 9.17) is 23.2 Å². The second-order valence-corrected chi connectivity index (χ2v) is 5.19. The Kier molecular flexibility index (Phi) is 5.35. The molecule has 2 aromatic rings. The predicted octanol–water partition coefficient (Wildman–Crippen LogP) is 3.11. The summed E-state index contributed by atoms with van der Waals surface area (Å²) >= 11 is 11.8. The summed E-state index contributed by atoms with van der Waals surface area (Å²) in [5.41, 5.74) is 1.21. The van der Waals surface area contributed by atoms with Gasteiger partial charge in [0.15, 0.2) is 0 Å². The quantitative estimate of drug-likeness (QED) is 0.869. The smallest absolute Gasteiger partial charge is 0.339 e. The lowest BCUT2D eigenvalue weighted by Gasteiger charge is -2.07. The fraction of sp³-hybridized carbons (Fsp3) is 0.133. The highest BCUT2D eigenvalue weighted by Gasteiger charge is 2.11. The van der Waals surface area contributed by atoms with E-state index >= 15 is 0 Å². The molecule has 5 nitrogen and oxygen atoms in total. The molecule has 0 unspecified atom stereocenters. The van der Waals surface area contributed by atoms with Crippen molar-refractivity contribution >= 4 is 35.1 Å². The van der Waals surface area contributed by atoms with Gasteiger partial charge in [0.2, 0.25) is 0 Å². The summed E-state index contributed by atoms with van der Waals surface area (Å²) in [7, 11) is 1.28. The van der Waals surface area contributed by atoms with Crippen LogP contribution in [0, 0.1) is 0 Å². The summed E-state index contributed by atoms with van der Waals surface area (Å²) < 4.78 is 4.56. The van der Waals surface area contributed by atoms with Gasteiger partial charge in [-0.05, 0) is 29.8 Å². The monoisotopic (exact) mass is 338 g/mol. The fourth-order valence-electron chi connectivity index (χ4n) is 1.70. The Morgan fingerprint density at radius 2 is 2.00 bits per heavy atom. The molecule has 0 bridgehead atoms. The number of halogens is 2. The maximum atomic E-state index is 12.0.